The average Bonchev–Trinajstić information content (AvgIpc) is 2.85. The number of piperidine rings is 2. The summed E-state index contributed by atoms with van der Waals surface area (Å²) in [5, 5.41) is 9.63. The monoisotopic (exact) mass is 1250 g/mol. The zero-order valence-corrected chi connectivity index (χ0v) is 52.4. The van der Waals surface area contributed by atoms with Crippen LogP contribution in [0.5, 0.6) is 11.5 Å². The van der Waals surface area contributed by atoms with E-state index in [0.29, 0.717) is 80.1 Å². The molecule has 4 aliphatic rings. The van der Waals surface area contributed by atoms with Crippen molar-refractivity contribution < 1.29 is 51.3 Å². The number of ether oxygens (including phenoxy) is 4. The molecule has 4 N–H and O–H groups in total. The maximum absolute atomic E-state index is 13.2. The highest BCUT2D eigenvalue weighted by molar-refractivity contribution is 7.88. The number of para-hydroxylation sites is 4. The molecule has 5 aromatic carbocycles. The van der Waals surface area contributed by atoms with Gasteiger partial charge in [-0.25, -0.2) is 17.9 Å². The maximum atomic E-state index is 13.2. The van der Waals surface area contributed by atoms with Crippen LogP contribution in [-0.4, -0.2) is 159 Å². The molecule has 4 heterocycles. The third-order valence-corrected chi connectivity index (χ3v) is 17.4. The summed E-state index contributed by atoms with van der Waals surface area (Å²) in [6.45, 7) is 14.0. The molecule has 0 saturated carbocycles. The van der Waals surface area contributed by atoms with E-state index < -0.39 is 21.7 Å². The molecule has 5 amide bonds. The number of nitrogens with one attached hydrogen (secondary N) is 4. The van der Waals surface area contributed by atoms with Gasteiger partial charge in [0.1, 0.15) is 17.1 Å². The molecule has 0 spiro atoms. The van der Waals surface area contributed by atoms with Crippen LogP contribution in [0, 0.1) is 0 Å². The van der Waals surface area contributed by atoms with E-state index in [1.54, 1.807) is 45.0 Å². The van der Waals surface area contributed by atoms with Crippen LogP contribution in [0.25, 0.3) is 0 Å². The van der Waals surface area contributed by atoms with Crippen LogP contribution < -0.4 is 39.9 Å². The molecule has 0 aromatic heterocycles. The van der Waals surface area contributed by atoms with Gasteiger partial charge < -0.3 is 54.5 Å². The number of hydrogen-bond acceptors (Lipinski definition) is 13. The Kier molecular flexibility index (Phi) is 24.7. The lowest BCUT2D eigenvalue weighted by atomic mass is 9.86. The van der Waals surface area contributed by atoms with Gasteiger partial charge in [-0.05, 0) is 163 Å². The fraction of sp³-hybridized carbons (Fsp3) is 0.462. The number of nitrogens with zero attached hydrogens (tertiary/aromatic N) is 4. The summed E-state index contributed by atoms with van der Waals surface area (Å²) in [4.78, 5) is 71.4. The zero-order valence-electron chi connectivity index (χ0n) is 50.0. The second-order valence-electron chi connectivity index (χ2n) is 23.1. The van der Waals surface area contributed by atoms with Crippen molar-refractivity contribution >= 4 is 74.3 Å². The summed E-state index contributed by atoms with van der Waals surface area (Å²) in [6, 6.07) is 35.5. The standard InChI is InChI=1S/C34H41ClN4O5S.C31H41ClN4O6/c35-28-13-14-29(27-15-19-38(20-16-27)21-22-39-31-11-5-6-12-32(31)44-24-33(39)40)30(23-28)34(41)36-17-7-2-8-18-37-45(42,43)25-26-9-3-1-4-10-26;1-31(2,3)42-30(39)34-13-19-40-18-12-33-29(38)25-20-23(32)8-9-24(25)22-10-14-35(15-11-22)16-17-36-26-6-4-5-7-27(26)41-21-28(36)37/h1,3-6,9-14,23,27,37H,2,7-8,15-22,24-25H2,(H,36,41);4-9,20,22H,10-19,21H2,1-3H3,(H,33,38)(H,34,39). The van der Waals surface area contributed by atoms with Crippen LogP contribution in [0.4, 0.5) is 16.2 Å². The van der Waals surface area contributed by atoms with E-state index in [1.807, 2.05) is 101 Å². The molecule has 0 radical (unpaired) electrons. The number of hydrogen-bond donors (Lipinski definition) is 4. The average molecular weight is 1250 g/mol. The van der Waals surface area contributed by atoms with Crippen LogP contribution in [0.2, 0.25) is 10.0 Å². The predicted octanol–water partition coefficient (Wildman–Crippen LogP) is 9.18. The van der Waals surface area contributed by atoms with Crippen LogP contribution in [0.3, 0.4) is 0 Å². The van der Waals surface area contributed by atoms with Crippen molar-refractivity contribution in [3.8, 4) is 11.5 Å². The van der Waals surface area contributed by atoms with Gasteiger partial charge in [-0.3, -0.25) is 19.2 Å². The molecule has 0 atom stereocenters. The van der Waals surface area contributed by atoms with E-state index in [4.69, 9.17) is 42.1 Å². The van der Waals surface area contributed by atoms with Gasteiger partial charge in [0.2, 0.25) is 10.0 Å². The van der Waals surface area contributed by atoms with E-state index in [9.17, 15) is 32.4 Å². The zero-order chi connectivity index (χ0) is 61.8. The quantitative estimate of drug-likeness (QED) is 0.0401. The summed E-state index contributed by atoms with van der Waals surface area (Å²) < 4.78 is 49.1. The van der Waals surface area contributed by atoms with Crippen LogP contribution >= 0.6 is 23.2 Å². The Hall–Kier alpha value is -6.78. The molecule has 4 aliphatic heterocycles. The fourth-order valence-electron chi connectivity index (χ4n) is 11.1. The first-order valence-corrected chi connectivity index (χ1v) is 32.5. The number of carbonyl (C=O) groups is 5. The van der Waals surface area contributed by atoms with Crippen LogP contribution in [0.15, 0.2) is 115 Å². The van der Waals surface area contributed by atoms with Gasteiger partial charge in [-0.2, -0.15) is 0 Å². The molecule has 0 unspecified atom stereocenters. The Morgan fingerprint density at radius 3 is 1.54 bits per heavy atom. The molecule has 0 bridgehead atoms. The lowest BCUT2D eigenvalue weighted by Crippen LogP contribution is -2.45. The highest BCUT2D eigenvalue weighted by Gasteiger charge is 2.31. The number of anilines is 2. The van der Waals surface area contributed by atoms with Gasteiger partial charge in [0, 0.05) is 73.5 Å². The molecular formula is C65H82Cl2N8O11S. The summed E-state index contributed by atoms with van der Waals surface area (Å²) in [6.07, 6.45) is 5.37. The number of fused-ring (bicyclic) bond motifs is 2. The molecule has 9 rings (SSSR count). The molecule has 19 nitrogen and oxygen atoms in total. The van der Waals surface area contributed by atoms with Crippen molar-refractivity contribution in [2.75, 3.05) is 115 Å². The number of rotatable bonds is 25. The van der Waals surface area contributed by atoms with Crippen molar-refractivity contribution in [2.24, 2.45) is 0 Å². The number of amides is 5. The Bertz CT molecular complexity index is 3230. The summed E-state index contributed by atoms with van der Waals surface area (Å²) >= 11 is 12.6. The van der Waals surface area contributed by atoms with Crippen LogP contribution in [0.1, 0.15) is 115 Å². The number of carbonyl (C=O) groups excluding carboxylic acids is 5. The van der Waals surface area contributed by atoms with Crippen molar-refractivity contribution in [3.05, 3.63) is 153 Å². The van der Waals surface area contributed by atoms with E-state index in [-0.39, 0.29) is 54.4 Å². The largest absolute Gasteiger partial charge is 0.482 e. The molecule has 5 aromatic rings. The minimum absolute atomic E-state index is 0.0242. The first-order valence-electron chi connectivity index (χ1n) is 30.1. The molecule has 87 heavy (non-hydrogen) atoms. The predicted molar refractivity (Wildman–Crippen MR) is 339 cm³/mol. The van der Waals surface area contributed by atoms with Gasteiger partial charge in [0.15, 0.2) is 13.2 Å². The number of sulfonamides is 1. The van der Waals surface area contributed by atoms with Gasteiger partial charge in [-0.1, -0.05) is 96.4 Å². The minimum Gasteiger partial charge on any atom is -0.482 e. The Morgan fingerprint density at radius 1 is 0.575 bits per heavy atom. The van der Waals surface area contributed by atoms with Gasteiger partial charge >= 0.3 is 6.09 Å². The fourth-order valence-corrected chi connectivity index (χ4v) is 12.7. The summed E-state index contributed by atoms with van der Waals surface area (Å²) in [5.41, 5.74) is 5.06. The van der Waals surface area contributed by atoms with Crippen molar-refractivity contribution in [2.45, 2.75) is 88.9 Å². The number of benzene rings is 5. The molecule has 2 fully saturated rings. The molecule has 22 heteroatoms. The maximum Gasteiger partial charge on any atom is 0.407 e. The van der Waals surface area contributed by atoms with Crippen molar-refractivity contribution in [1.29, 1.82) is 0 Å². The second-order valence-corrected chi connectivity index (χ2v) is 25.7. The molecule has 2 saturated heterocycles. The summed E-state index contributed by atoms with van der Waals surface area (Å²) in [7, 11) is -3.38. The Balaban J connectivity index is 0.000000226. The van der Waals surface area contributed by atoms with Gasteiger partial charge in [0.05, 0.1) is 30.3 Å². The van der Waals surface area contributed by atoms with E-state index >= 15 is 0 Å². The highest BCUT2D eigenvalue weighted by atomic mass is 35.5. The molecule has 0 aliphatic carbocycles. The highest BCUT2D eigenvalue weighted by Crippen LogP contribution is 2.36. The third-order valence-electron chi connectivity index (χ3n) is 15.6. The number of alkyl carbamates (subject to hydrolysis) is 1. The first kappa shape index (κ1) is 66.2. The number of halogens is 2. The summed E-state index contributed by atoms with van der Waals surface area (Å²) in [5.74, 6) is 1.56. The molecular weight excluding hydrogens is 1170 g/mol. The third kappa shape index (κ3) is 20.4. The van der Waals surface area contributed by atoms with Gasteiger partial charge in [0.25, 0.3) is 23.6 Å². The topological polar surface area (TPSA) is 217 Å². The SMILES string of the molecule is CC(C)(C)OC(=O)NCCOCCNC(=O)c1cc(Cl)ccc1C1CCN(CCN2C(=O)COc3ccccc32)CC1.O=C(NCCCCCNS(=O)(=O)Cc1ccccc1)c1cc(Cl)ccc1C1CCN(CCN2C(=O)COc3ccccc32)CC1. The molecule has 468 valence electrons. The first-order chi connectivity index (χ1) is 41.9. The van der Waals surface area contributed by atoms with Gasteiger partial charge in [-0.15, -0.1) is 0 Å². The van der Waals surface area contributed by atoms with Crippen LogP contribution in [-0.2, 0) is 34.8 Å². The van der Waals surface area contributed by atoms with E-state index in [0.717, 1.165) is 117 Å². The number of unbranched alkanes of at least 4 members (excludes halogenated alkanes) is 2. The van der Waals surface area contributed by atoms with Crippen molar-refractivity contribution in [3.63, 3.8) is 0 Å². The van der Waals surface area contributed by atoms with E-state index in [2.05, 4.69) is 30.5 Å². The van der Waals surface area contributed by atoms with E-state index in [1.165, 1.54) is 0 Å². The second kappa shape index (κ2) is 32.4. The number of likely N-dealkylation sites (tertiary alicyclic amines) is 2. The minimum atomic E-state index is -3.38. The Labute approximate surface area is 521 Å². The lowest BCUT2D eigenvalue weighted by molar-refractivity contribution is -0.122. The lowest BCUT2D eigenvalue weighted by Gasteiger charge is -2.35. The Morgan fingerprint density at radius 2 is 1.03 bits per heavy atom. The smallest absolute Gasteiger partial charge is 0.407 e. The van der Waals surface area contributed by atoms with Crippen molar-refractivity contribution in [1.82, 2.24) is 30.5 Å². The normalized spacial score (nSPS) is 15.9.